The Balaban J connectivity index is 2.35. The third kappa shape index (κ3) is 3.78. The average Bonchev–Trinajstić information content (AvgIpc) is 2.48. The zero-order valence-corrected chi connectivity index (χ0v) is 13.9. The fourth-order valence-corrected chi connectivity index (χ4v) is 2.57. The summed E-state index contributed by atoms with van der Waals surface area (Å²) in [5.74, 6) is 0. The van der Waals surface area contributed by atoms with Gasteiger partial charge in [-0.05, 0) is 48.4 Å². The number of rotatable bonds is 5. The van der Waals surface area contributed by atoms with Gasteiger partial charge < -0.3 is 10.2 Å². The van der Waals surface area contributed by atoms with Crippen LogP contribution in [0, 0.1) is 6.92 Å². The summed E-state index contributed by atoms with van der Waals surface area (Å²) in [5.41, 5.74) is 4.77. The van der Waals surface area contributed by atoms with Crippen molar-refractivity contribution in [1.82, 2.24) is 5.32 Å². The number of nitrogens with zero attached hydrogens (tertiary/aromatic N) is 1. The van der Waals surface area contributed by atoms with Crippen LogP contribution < -0.4 is 10.2 Å². The SMILES string of the molecule is CCNC(c1ccc(N(C)C)cc1)c1ccc(C)c(Cl)c1. The number of halogens is 1. The van der Waals surface area contributed by atoms with Crippen molar-refractivity contribution in [2.45, 2.75) is 19.9 Å². The number of benzene rings is 2. The first-order valence-electron chi connectivity index (χ1n) is 7.29. The van der Waals surface area contributed by atoms with Gasteiger partial charge in [0.25, 0.3) is 0 Å². The molecule has 0 bridgehead atoms. The highest BCUT2D eigenvalue weighted by atomic mass is 35.5. The molecule has 2 aromatic rings. The molecule has 1 N–H and O–H groups in total. The molecule has 0 fully saturated rings. The predicted molar refractivity (Wildman–Crippen MR) is 92.5 cm³/mol. The Labute approximate surface area is 132 Å². The van der Waals surface area contributed by atoms with Crippen LogP contribution in [0.5, 0.6) is 0 Å². The van der Waals surface area contributed by atoms with E-state index < -0.39 is 0 Å². The first-order valence-corrected chi connectivity index (χ1v) is 7.67. The lowest BCUT2D eigenvalue weighted by Gasteiger charge is -2.21. The third-order valence-electron chi connectivity index (χ3n) is 3.68. The third-order valence-corrected chi connectivity index (χ3v) is 4.09. The van der Waals surface area contributed by atoms with Crippen LogP contribution in [0.1, 0.15) is 29.7 Å². The van der Waals surface area contributed by atoms with Gasteiger partial charge >= 0.3 is 0 Å². The van der Waals surface area contributed by atoms with Gasteiger partial charge in [-0.25, -0.2) is 0 Å². The minimum absolute atomic E-state index is 0.171. The zero-order chi connectivity index (χ0) is 15.4. The smallest absolute Gasteiger partial charge is 0.0577 e. The number of nitrogens with one attached hydrogen (secondary N) is 1. The Morgan fingerprint density at radius 3 is 2.19 bits per heavy atom. The maximum Gasteiger partial charge on any atom is 0.0577 e. The molecule has 1 unspecified atom stereocenters. The first kappa shape index (κ1) is 15.9. The van der Waals surface area contributed by atoms with Crippen LogP contribution in [0.3, 0.4) is 0 Å². The molecule has 0 aliphatic rings. The summed E-state index contributed by atoms with van der Waals surface area (Å²) in [5, 5.41) is 4.36. The summed E-state index contributed by atoms with van der Waals surface area (Å²) < 4.78 is 0. The number of aryl methyl sites for hydroxylation is 1. The zero-order valence-electron chi connectivity index (χ0n) is 13.2. The van der Waals surface area contributed by atoms with Gasteiger partial charge in [-0.2, -0.15) is 0 Å². The van der Waals surface area contributed by atoms with Crippen molar-refractivity contribution in [3.8, 4) is 0 Å². The summed E-state index contributed by atoms with van der Waals surface area (Å²) in [6.45, 7) is 5.06. The maximum atomic E-state index is 6.28. The Bertz CT molecular complexity index is 591. The molecule has 0 amide bonds. The van der Waals surface area contributed by atoms with E-state index in [4.69, 9.17) is 11.6 Å². The van der Waals surface area contributed by atoms with Crippen molar-refractivity contribution in [2.75, 3.05) is 25.5 Å². The van der Waals surface area contributed by atoms with Crippen LogP contribution in [-0.2, 0) is 0 Å². The second-order valence-electron chi connectivity index (χ2n) is 5.49. The molecule has 112 valence electrons. The highest BCUT2D eigenvalue weighted by Gasteiger charge is 2.14. The molecule has 0 aliphatic heterocycles. The molecule has 2 rings (SSSR count). The topological polar surface area (TPSA) is 15.3 Å². The van der Waals surface area contributed by atoms with Crippen molar-refractivity contribution < 1.29 is 0 Å². The fourth-order valence-electron chi connectivity index (χ4n) is 2.39. The van der Waals surface area contributed by atoms with E-state index in [0.29, 0.717) is 0 Å². The van der Waals surface area contributed by atoms with Gasteiger partial charge in [-0.1, -0.05) is 42.8 Å². The molecule has 0 heterocycles. The van der Waals surface area contributed by atoms with Crippen molar-refractivity contribution in [3.05, 3.63) is 64.2 Å². The lowest BCUT2D eigenvalue weighted by molar-refractivity contribution is 0.630. The minimum Gasteiger partial charge on any atom is -0.378 e. The molecule has 0 radical (unpaired) electrons. The van der Waals surface area contributed by atoms with E-state index in [2.05, 4.69) is 73.7 Å². The largest absolute Gasteiger partial charge is 0.378 e. The summed E-state index contributed by atoms with van der Waals surface area (Å²) >= 11 is 6.28. The number of anilines is 1. The van der Waals surface area contributed by atoms with Crippen LogP contribution in [-0.4, -0.2) is 20.6 Å². The van der Waals surface area contributed by atoms with Crippen LogP contribution in [0.4, 0.5) is 5.69 Å². The molecule has 0 spiro atoms. The fraction of sp³-hybridized carbons (Fsp3) is 0.333. The van der Waals surface area contributed by atoms with Gasteiger partial charge in [0.1, 0.15) is 0 Å². The molecule has 0 saturated carbocycles. The van der Waals surface area contributed by atoms with E-state index in [1.54, 1.807) is 0 Å². The Morgan fingerprint density at radius 1 is 1.05 bits per heavy atom. The Hall–Kier alpha value is -1.51. The molecule has 21 heavy (non-hydrogen) atoms. The Kier molecular flexibility index (Phi) is 5.27. The first-order chi connectivity index (χ1) is 10.0. The highest BCUT2D eigenvalue weighted by Crippen LogP contribution is 2.27. The molecular weight excluding hydrogens is 280 g/mol. The second-order valence-corrected chi connectivity index (χ2v) is 5.89. The van der Waals surface area contributed by atoms with Crippen LogP contribution in [0.25, 0.3) is 0 Å². The van der Waals surface area contributed by atoms with E-state index in [9.17, 15) is 0 Å². The summed E-state index contributed by atoms with van der Waals surface area (Å²) in [6.07, 6.45) is 0. The van der Waals surface area contributed by atoms with Gasteiger partial charge in [-0.3, -0.25) is 0 Å². The molecule has 1 atom stereocenters. The molecule has 2 nitrogen and oxygen atoms in total. The van der Waals surface area contributed by atoms with Gasteiger partial charge in [0.05, 0.1) is 6.04 Å². The minimum atomic E-state index is 0.171. The van der Waals surface area contributed by atoms with E-state index >= 15 is 0 Å². The van der Waals surface area contributed by atoms with Gasteiger partial charge in [0.15, 0.2) is 0 Å². The lowest BCUT2D eigenvalue weighted by Crippen LogP contribution is -2.22. The average molecular weight is 303 g/mol. The molecule has 0 saturated heterocycles. The normalized spacial score (nSPS) is 12.2. The molecule has 0 aliphatic carbocycles. The molecule has 0 aromatic heterocycles. The van der Waals surface area contributed by atoms with Crippen LogP contribution in [0.2, 0.25) is 5.02 Å². The van der Waals surface area contributed by atoms with E-state index in [1.807, 2.05) is 6.92 Å². The molecule has 3 heteroatoms. The van der Waals surface area contributed by atoms with Crippen LogP contribution in [0.15, 0.2) is 42.5 Å². The van der Waals surface area contributed by atoms with Gasteiger partial charge in [-0.15, -0.1) is 0 Å². The van der Waals surface area contributed by atoms with E-state index in [0.717, 1.165) is 17.1 Å². The quantitative estimate of drug-likeness (QED) is 0.880. The standard InChI is InChI=1S/C18H23ClN2/c1-5-20-18(15-7-6-13(2)17(19)12-15)14-8-10-16(11-9-14)21(3)4/h6-12,18,20H,5H2,1-4H3. The van der Waals surface area contributed by atoms with Crippen molar-refractivity contribution in [2.24, 2.45) is 0 Å². The van der Waals surface area contributed by atoms with Crippen molar-refractivity contribution in [1.29, 1.82) is 0 Å². The monoisotopic (exact) mass is 302 g/mol. The van der Waals surface area contributed by atoms with Gasteiger partial charge in [0.2, 0.25) is 0 Å². The summed E-state index contributed by atoms with van der Waals surface area (Å²) in [7, 11) is 4.10. The molecule has 2 aromatic carbocycles. The predicted octanol–water partition coefficient (Wildman–Crippen LogP) is 4.41. The Morgan fingerprint density at radius 2 is 1.67 bits per heavy atom. The summed E-state index contributed by atoms with van der Waals surface area (Å²) in [4.78, 5) is 2.11. The molecular formula is C18H23ClN2. The van der Waals surface area contributed by atoms with Crippen molar-refractivity contribution >= 4 is 17.3 Å². The highest BCUT2D eigenvalue weighted by molar-refractivity contribution is 6.31. The van der Waals surface area contributed by atoms with Crippen LogP contribution >= 0.6 is 11.6 Å². The summed E-state index contributed by atoms with van der Waals surface area (Å²) in [6, 6.07) is 15.1. The maximum absolute atomic E-state index is 6.28. The lowest BCUT2D eigenvalue weighted by atomic mass is 9.97. The number of hydrogen-bond donors (Lipinski definition) is 1. The number of hydrogen-bond acceptors (Lipinski definition) is 2. The van der Waals surface area contributed by atoms with Crippen molar-refractivity contribution in [3.63, 3.8) is 0 Å². The van der Waals surface area contributed by atoms with E-state index in [-0.39, 0.29) is 6.04 Å². The van der Waals surface area contributed by atoms with E-state index in [1.165, 1.54) is 16.8 Å². The van der Waals surface area contributed by atoms with Gasteiger partial charge in [0, 0.05) is 24.8 Å². The second kappa shape index (κ2) is 6.97.